The molecular formula is C11H11F2N3O2. The molecule has 0 fully saturated rings. The largest absolute Gasteiger partial charge is 0.469 e. The Morgan fingerprint density at radius 3 is 2.78 bits per heavy atom. The number of hydrogen-bond donors (Lipinski definition) is 1. The first-order valence-corrected chi connectivity index (χ1v) is 5.01. The van der Waals surface area contributed by atoms with E-state index in [1.807, 2.05) is 0 Å². The summed E-state index contributed by atoms with van der Waals surface area (Å²) in [5.41, 5.74) is 4.83. The summed E-state index contributed by atoms with van der Waals surface area (Å²) in [5, 5.41) is 8.88. The fraction of sp³-hybridized carbons (Fsp3) is 0.364. The lowest BCUT2D eigenvalue weighted by Crippen LogP contribution is -2.12. The number of nitrogens with two attached hydrogens (primary N) is 1. The molecule has 0 unspecified atom stereocenters. The van der Waals surface area contributed by atoms with Gasteiger partial charge in [0, 0.05) is 12.1 Å². The first kappa shape index (κ1) is 14.0. The molecule has 2 N–H and O–H groups in total. The Morgan fingerprint density at radius 2 is 2.33 bits per heavy atom. The highest BCUT2D eigenvalue weighted by Crippen LogP contribution is 2.24. The van der Waals surface area contributed by atoms with Crippen LogP contribution in [0.5, 0.6) is 0 Å². The van der Waals surface area contributed by atoms with Gasteiger partial charge in [0.1, 0.15) is 5.69 Å². The van der Waals surface area contributed by atoms with Gasteiger partial charge in [0.15, 0.2) is 0 Å². The van der Waals surface area contributed by atoms with Crippen LogP contribution in [0.4, 0.5) is 8.78 Å². The third-order valence-corrected chi connectivity index (χ3v) is 2.29. The van der Waals surface area contributed by atoms with E-state index in [1.54, 1.807) is 6.07 Å². The van der Waals surface area contributed by atoms with Gasteiger partial charge in [-0.2, -0.15) is 5.26 Å². The standard InChI is InChI=1S/C11H11F2N3O2/c1-18-9(17)3-7-2-6(4-14)8(5-15)10(16-7)11(12)13/h2,11H,3,5,15H2,1H3. The normalized spacial score (nSPS) is 10.2. The van der Waals surface area contributed by atoms with Crippen molar-refractivity contribution in [2.24, 2.45) is 5.73 Å². The number of alkyl halides is 2. The summed E-state index contributed by atoms with van der Waals surface area (Å²) >= 11 is 0. The minimum Gasteiger partial charge on any atom is -0.469 e. The number of ether oxygens (including phenoxy) is 1. The molecule has 0 aliphatic rings. The average Bonchev–Trinajstić information content (AvgIpc) is 2.37. The number of hydrogen-bond acceptors (Lipinski definition) is 5. The van der Waals surface area contributed by atoms with Crippen LogP contribution >= 0.6 is 0 Å². The lowest BCUT2D eigenvalue weighted by atomic mass is 10.0. The Hall–Kier alpha value is -2.07. The first-order valence-electron chi connectivity index (χ1n) is 5.01. The monoisotopic (exact) mass is 255 g/mol. The van der Waals surface area contributed by atoms with Crippen LogP contribution in [0, 0.1) is 11.3 Å². The summed E-state index contributed by atoms with van der Waals surface area (Å²) < 4.78 is 30.0. The molecule has 5 nitrogen and oxygen atoms in total. The van der Waals surface area contributed by atoms with Crippen LogP contribution in [-0.4, -0.2) is 18.1 Å². The van der Waals surface area contributed by atoms with Gasteiger partial charge >= 0.3 is 5.97 Å². The van der Waals surface area contributed by atoms with Crippen LogP contribution in [0.2, 0.25) is 0 Å². The van der Waals surface area contributed by atoms with Crippen molar-refractivity contribution in [1.82, 2.24) is 4.98 Å². The maximum atomic E-state index is 12.8. The second kappa shape index (κ2) is 6.02. The minimum absolute atomic E-state index is 0.00103. The Morgan fingerprint density at radius 1 is 1.67 bits per heavy atom. The average molecular weight is 255 g/mol. The maximum absolute atomic E-state index is 12.8. The zero-order valence-corrected chi connectivity index (χ0v) is 9.61. The third-order valence-electron chi connectivity index (χ3n) is 2.29. The Labute approximate surface area is 102 Å². The van der Waals surface area contributed by atoms with Gasteiger partial charge in [0.2, 0.25) is 0 Å². The fourth-order valence-electron chi connectivity index (χ4n) is 1.45. The Balaban J connectivity index is 3.28. The molecule has 0 spiro atoms. The number of carbonyl (C=O) groups excluding carboxylic acids is 1. The molecule has 0 aliphatic heterocycles. The highest BCUT2D eigenvalue weighted by atomic mass is 19.3. The van der Waals surface area contributed by atoms with Crippen molar-refractivity contribution in [3.05, 3.63) is 28.6 Å². The summed E-state index contributed by atoms with van der Waals surface area (Å²) in [7, 11) is 1.18. The molecule has 18 heavy (non-hydrogen) atoms. The number of esters is 1. The molecule has 0 saturated carbocycles. The number of methoxy groups -OCH3 is 1. The fourth-order valence-corrected chi connectivity index (χ4v) is 1.45. The molecule has 1 aromatic heterocycles. The van der Waals surface area contributed by atoms with Gasteiger partial charge in [-0.3, -0.25) is 9.78 Å². The van der Waals surface area contributed by atoms with E-state index in [0.717, 1.165) is 0 Å². The van der Waals surface area contributed by atoms with Crippen LogP contribution < -0.4 is 5.73 Å². The number of rotatable bonds is 4. The van der Waals surface area contributed by atoms with Gasteiger partial charge in [0.05, 0.1) is 30.9 Å². The van der Waals surface area contributed by atoms with Crippen LogP contribution in [0.3, 0.4) is 0 Å². The molecule has 0 aliphatic carbocycles. The molecule has 0 bridgehead atoms. The van der Waals surface area contributed by atoms with Gasteiger partial charge < -0.3 is 10.5 Å². The number of carbonyl (C=O) groups is 1. The van der Waals surface area contributed by atoms with E-state index < -0.39 is 18.1 Å². The number of nitriles is 1. The molecule has 0 radical (unpaired) electrons. The predicted molar refractivity (Wildman–Crippen MR) is 57.5 cm³/mol. The Bertz CT molecular complexity index is 498. The molecule has 1 rings (SSSR count). The van der Waals surface area contributed by atoms with Crippen molar-refractivity contribution in [3.8, 4) is 6.07 Å². The van der Waals surface area contributed by atoms with Crippen LogP contribution in [-0.2, 0) is 22.5 Å². The SMILES string of the molecule is COC(=O)Cc1cc(C#N)c(CN)c(C(F)F)n1. The lowest BCUT2D eigenvalue weighted by Gasteiger charge is -2.10. The second-order valence-corrected chi connectivity index (χ2v) is 3.39. The molecule has 7 heteroatoms. The van der Waals surface area contributed by atoms with E-state index in [4.69, 9.17) is 11.0 Å². The smallest absolute Gasteiger partial charge is 0.311 e. The van der Waals surface area contributed by atoms with Gasteiger partial charge in [-0.1, -0.05) is 0 Å². The van der Waals surface area contributed by atoms with Crippen LogP contribution in [0.1, 0.15) is 28.9 Å². The van der Waals surface area contributed by atoms with Crippen molar-refractivity contribution >= 4 is 5.97 Å². The van der Waals surface area contributed by atoms with Crippen molar-refractivity contribution in [1.29, 1.82) is 5.26 Å². The zero-order chi connectivity index (χ0) is 13.7. The quantitative estimate of drug-likeness (QED) is 0.813. The van der Waals surface area contributed by atoms with E-state index in [-0.39, 0.29) is 29.8 Å². The van der Waals surface area contributed by atoms with Gasteiger partial charge in [0.25, 0.3) is 6.43 Å². The molecule has 96 valence electrons. The minimum atomic E-state index is -2.85. The zero-order valence-electron chi connectivity index (χ0n) is 9.61. The first-order chi connectivity index (χ1) is 8.53. The lowest BCUT2D eigenvalue weighted by molar-refractivity contribution is -0.139. The molecule has 0 atom stereocenters. The summed E-state index contributed by atoms with van der Waals surface area (Å²) in [6, 6.07) is 3.04. The topological polar surface area (TPSA) is 89.0 Å². The molecule has 0 aromatic carbocycles. The van der Waals surface area contributed by atoms with Crippen molar-refractivity contribution in [3.63, 3.8) is 0 Å². The molecule has 1 heterocycles. The highest BCUT2D eigenvalue weighted by molar-refractivity contribution is 5.72. The van der Waals surface area contributed by atoms with E-state index in [9.17, 15) is 13.6 Å². The van der Waals surface area contributed by atoms with Crippen molar-refractivity contribution in [2.45, 2.75) is 19.4 Å². The molecule has 1 aromatic rings. The number of nitrogens with zero attached hydrogens (tertiary/aromatic N) is 2. The summed E-state index contributed by atoms with van der Waals surface area (Å²) in [4.78, 5) is 14.7. The Kier molecular flexibility index (Phi) is 4.68. The van der Waals surface area contributed by atoms with Gasteiger partial charge in [-0.15, -0.1) is 0 Å². The van der Waals surface area contributed by atoms with Gasteiger partial charge in [-0.05, 0) is 6.07 Å². The number of aromatic nitrogens is 1. The highest BCUT2D eigenvalue weighted by Gasteiger charge is 2.20. The van der Waals surface area contributed by atoms with Crippen LogP contribution in [0.25, 0.3) is 0 Å². The summed E-state index contributed by atoms with van der Waals surface area (Å²) in [6.07, 6.45) is -3.12. The summed E-state index contributed by atoms with van der Waals surface area (Å²) in [6.45, 7) is -0.214. The third kappa shape index (κ3) is 2.99. The van der Waals surface area contributed by atoms with Crippen LogP contribution in [0.15, 0.2) is 6.07 Å². The second-order valence-electron chi connectivity index (χ2n) is 3.39. The van der Waals surface area contributed by atoms with Crippen molar-refractivity contribution in [2.75, 3.05) is 7.11 Å². The van der Waals surface area contributed by atoms with E-state index in [1.165, 1.54) is 13.2 Å². The predicted octanol–water partition coefficient (Wildman–Crippen LogP) is 1.07. The van der Waals surface area contributed by atoms with E-state index in [0.29, 0.717) is 0 Å². The number of halogens is 2. The summed E-state index contributed by atoms with van der Waals surface area (Å²) in [5.74, 6) is -0.618. The van der Waals surface area contributed by atoms with Crippen molar-refractivity contribution < 1.29 is 18.3 Å². The maximum Gasteiger partial charge on any atom is 0.311 e. The van der Waals surface area contributed by atoms with E-state index in [2.05, 4.69) is 9.72 Å². The number of pyridine rings is 1. The van der Waals surface area contributed by atoms with Gasteiger partial charge in [-0.25, -0.2) is 8.78 Å². The molecule has 0 saturated heterocycles. The van der Waals surface area contributed by atoms with E-state index >= 15 is 0 Å². The molecular weight excluding hydrogens is 244 g/mol. The molecule has 0 amide bonds.